The van der Waals surface area contributed by atoms with E-state index in [4.69, 9.17) is 11.6 Å². The van der Waals surface area contributed by atoms with Crippen molar-refractivity contribution in [2.45, 2.75) is 6.42 Å². The van der Waals surface area contributed by atoms with Crippen molar-refractivity contribution < 1.29 is 9.59 Å². The second kappa shape index (κ2) is 7.96. The van der Waals surface area contributed by atoms with E-state index in [2.05, 4.69) is 26.6 Å². The number of hydrogen-bond donors (Lipinski definition) is 2. The summed E-state index contributed by atoms with van der Waals surface area (Å²) in [5.41, 5.74) is 1.41. The van der Waals surface area contributed by atoms with Crippen molar-refractivity contribution in [3.05, 3.63) is 63.6 Å². The molecule has 0 saturated heterocycles. The number of anilines is 1. The molecule has 114 valence electrons. The van der Waals surface area contributed by atoms with E-state index >= 15 is 0 Å². The molecule has 2 amide bonds. The van der Waals surface area contributed by atoms with Crippen LogP contribution in [0, 0.1) is 0 Å². The summed E-state index contributed by atoms with van der Waals surface area (Å²) in [6.07, 6.45) is 0.144. The van der Waals surface area contributed by atoms with Crippen LogP contribution < -0.4 is 10.6 Å². The van der Waals surface area contributed by atoms with Gasteiger partial charge in [-0.25, -0.2) is 0 Å². The average Bonchev–Trinajstić information content (AvgIpc) is 2.50. The summed E-state index contributed by atoms with van der Waals surface area (Å²) in [5.74, 6) is -0.533. The normalized spacial score (nSPS) is 10.1. The first kappa shape index (κ1) is 16.5. The molecule has 0 aromatic heterocycles. The van der Waals surface area contributed by atoms with Crippen molar-refractivity contribution in [3.8, 4) is 0 Å². The maximum Gasteiger partial charge on any atom is 0.243 e. The number of carbonyl (C=O) groups is 2. The van der Waals surface area contributed by atoms with Gasteiger partial charge in [0.2, 0.25) is 11.8 Å². The van der Waals surface area contributed by atoms with Gasteiger partial charge in [-0.1, -0.05) is 45.7 Å². The summed E-state index contributed by atoms with van der Waals surface area (Å²) in [4.78, 5) is 23.6. The highest BCUT2D eigenvalue weighted by Crippen LogP contribution is 2.15. The lowest BCUT2D eigenvalue weighted by Crippen LogP contribution is -2.33. The van der Waals surface area contributed by atoms with Crippen LogP contribution in [-0.4, -0.2) is 18.4 Å². The van der Waals surface area contributed by atoms with Gasteiger partial charge < -0.3 is 10.6 Å². The molecule has 2 rings (SSSR count). The first-order valence-corrected chi connectivity index (χ1v) is 7.77. The Hall–Kier alpha value is -1.85. The molecule has 0 fully saturated rings. The predicted molar refractivity (Wildman–Crippen MR) is 90.9 cm³/mol. The maximum absolute atomic E-state index is 11.8. The Bertz CT molecular complexity index is 674. The zero-order chi connectivity index (χ0) is 15.9. The van der Waals surface area contributed by atoms with Gasteiger partial charge in [-0.05, 0) is 35.9 Å². The van der Waals surface area contributed by atoms with Gasteiger partial charge in [-0.2, -0.15) is 0 Å². The van der Waals surface area contributed by atoms with E-state index in [0.717, 1.165) is 10.0 Å². The van der Waals surface area contributed by atoms with Crippen molar-refractivity contribution in [1.29, 1.82) is 0 Å². The molecule has 0 aliphatic rings. The van der Waals surface area contributed by atoms with Gasteiger partial charge in [-0.15, -0.1) is 0 Å². The fourth-order valence-corrected chi connectivity index (χ4v) is 2.26. The zero-order valence-electron chi connectivity index (χ0n) is 11.6. The number of halogens is 2. The average molecular weight is 382 g/mol. The minimum absolute atomic E-state index is 0.0840. The van der Waals surface area contributed by atoms with Gasteiger partial charge in [-0.3, -0.25) is 9.59 Å². The van der Waals surface area contributed by atoms with Gasteiger partial charge in [0.15, 0.2) is 0 Å². The summed E-state index contributed by atoms with van der Waals surface area (Å²) < 4.78 is 0.929. The van der Waals surface area contributed by atoms with Crippen LogP contribution in [0.25, 0.3) is 0 Å². The van der Waals surface area contributed by atoms with Gasteiger partial charge in [0.05, 0.1) is 13.0 Å². The summed E-state index contributed by atoms with van der Waals surface area (Å²) >= 11 is 9.31. The number of hydrogen-bond acceptors (Lipinski definition) is 2. The molecular weight excluding hydrogens is 368 g/mol. The summed E-state index contributed by atoms with van der Waals surface area (Å²) in [5, 5.41) is 5.81. The van der Waals surface area contributed by atoms with E-state index in [1.807, 2.05) is 18.2 Å². The number of carbonyl (C=O) groups excluding carboxylic acids is 2. The van der Waals surface area contributed by atoms with Crippen LogP contribution in [0.2, 0.25) is 5.02 Å². The van der Waals surface area contributed by atoms with E-state index < -0.39 is 0 Å². The summed E-state index contributed by atoms with van der Waals surface area (Å²) in [7, 11) is 0. The van der Waals surface area contributed by atoms with E-state index in [-0.39, 0.29) is 24.8 Å². The molecule has 0 saturated carbocycles. The van der Waals surface area contributed by atoms with Crippen molar-refractivity contribution in [2.75, 3.05) is 11.9 Å². The Morgan fingerprint density at radius 2 is 1.68 bits per heavy atom. The molecule has 0 radical (unpaired) electrons. The molecule has 0 heterocycles. The third-order valence-corrected chi connectivity index (χ3v) is 3.78. The van der Waals surface area contributed by atoms with Gasteiger partial charge in [0.25, 0.3) is 0 Å². The SMILES string of the molecule is O=C(Cc1ccccc1Cl)NCC(=O)Nc1ccc(Br)cc1. The summed E-state index contributed by atoms with van der Waals surface area (Å²) in [6, 6.07) is 14.3. The first-order chi connectivity index (χ1) is 10.5. The smallest absolute Gasteiger partial charge is 0.243 e. The number of benzene rings is 2. The van der Waals surface area contributed by atoms with Gasteiger partial charge in [0, 0.05) is 15.2 Å². The zero-order valence-corrected chi connectivity index (χ0v) is 13.9. The Morgan fingerprint density at radius 1 is 1.00 bits per heavy atom. The molecule has 0 unspecified atom stereocenters. The molecule has 0 spiro atoms. The quantitative estimate of drug-likeness (QED) is 0.834. The molecule has 0 aliphatic heterocycles. The molecule has 4 nitrogen and oxygen atoms in total. The van der Waals surface area contributed by atoms with Gasteiger partial charge >= 0.3 is 0 Å². The molecule has 6 heteroatoms. The van der Waals surface area contributed by atoms with Crippen LogP contribution in [-0.2, 0) is 16.0 Å². The highest BCUT2D eigenvalue weighted by Gasteiger charge is 2.08. The first-order valence-electron chi connectivity index (χ1n) is 6.60. The fraction of sp³-hybridized carbons (Fsp3) is 0.125. The highest BCUT2D eigenvalue weighted by atomic mass is 79.9. The lowest BCUT2D eigenvalue weighted by molar-refractivity contribution is -0.123. The molecule has 0 atom stereocenters. The van der Waals surface area contributed by atoms with Crippen LogP contribution in [0.5, 0.6) is 0 Å². The topological polar surface area (TPSA) is 58.2 Å². The Morgan fingerprint density at radius 3 is 2.36 bits per heavy atom. The third kappa shape index (κ3) is 5.16. The van der Waals surface area contributed by atoms with Crippen molar-refractivity contribution in [2.24, 2.45) is 0 Å². The van der Waals surface area contributed by atoms with Crippen LogP contribution in [0.1, 0.15) is 5.56 Å². The molecular formula is C16H14BrClN2O2. The minimum Gasteiger partial charge on any atom is -0.347 e. The number of nitrogens with one attached hydrogen (secondary N) is 2. The van der Waals surface area contributed by atoms with Crippen LogP contribution >= 0.6 is 27.5 Å². The molecule has 22 heavy (non-hydrogen) atoms. The third-order valence-electron chi connectivity index (χ3n) is 2.88. The van der Waals surface area contributed by atoms with E-state index in [0.29, 0.717) is 10.7 Å². The molecule has 2 aromatic carbocycles. The predicted octanol–water partition coefficient (Wildman–Crippen LogP) is 3.40. The van der Waals surface area contributed by atoms with Crippen LogP contribution in [0.15, 0.2) is 53.0 Å². The lowest BCUT2D eigenvalue weighted by atomic mass is 10.1. The number of amides is 2. The van der Waals surface area contributed by atoms with Crippen molar-refractivity contribution >= 4 is 45.0 Å². The van der Waals surface area contributed by atoms with Crippen LogP contribution in [0.4, 0.5) is 5.69 Å². The van der Waals surface area contributed by atoms with E-state index in [9.17, 15) is 9.59 Å². The maximum atomic E-state index is 11.8. The fourth-order valence-electron chi connectivity index (χ4n) is 1.79. The second-order valence-electron chi connectivity index (χ2n) is 4.60. The second-order valence-corrected chi connectivity index (χ2v) is 5.92. The Balaban J connectivity index is 1.79. The Kier molecular flexibility index (Phi) is 5.98. The monoisotopic (exact) mass is 380 g/mol. The lowest BCUT2D eigenvalue weighted by Gasteiger charge is -2.08. The standard InChI is InChI=1S/C16H14BrClN2O2/c17-12-5-7-13(8-6-12)20-16(22)10-19-15(21)9-11-3-1-2-4-14(11)18/h1-8H,9-10H2,(H,19,21)(H,20,22). The van der Waals surface area contributed by atoms with Crippen molar-refractivity contribution in [1.82, 2.24) is 5.32 Å². The molecule has 2 N–H and O–H groups in total. The van der Waals surface area contributed by atoms with E-state index in [1.165, 1.54) is 0 Å². The Labute approximate surface area is 142 Å². The molecule has 0 aliphatic carbocycles. The van der Waals surface area contributed by atoms with E-state index in [1.54, 1.807) is 30.3 Å². The highest BCUT2D eigenvalue weighted by molar-refractivity contribution is 9.10. The summed E-state index contributed by atoms with van der Waals surface area (Å²) in [6.45, 7) is -0.0840. The number of rotatable bonds is 5. The van der Waals surface area contributed by atoms with Gasteiger partial charge in [0.1, 0.15) is 0 Å². The molecule has 2 aromatic rings. The van der Waals surface area contributed by atoms with Crippen molar-refractivity contribution in [3.63, 3.8) is 0 Å². The molecule has 0 bridgehead atoms. The largest absolute Gasteiger partial charge is 0.347 e. The minimum atomic E-state index is -0.283. The van der Waals surface area contributed by atoms with Crippen LogP contribution in [0.3, 0.4) is 0 Å².